The van der Waals surface area contributed by atoms with Crippen molar-refractivity contribution in [3.63, 3.8) is 0 Å². The van der Waals surface area contributed by atoms with Crippen molar-refractivity contribution in [3.8, 4) is 11.1 Å². The summed E-state index contributed by atoms with van der Waals surface area (Å²) >= 11 is 0. The highest BCUT2D eigenvalue weighted by molar-refractivity contribution is 5.90. The summed E-state index contributed by atoms with van der Waals surface area (Å²) < 4.78 is 0. The minimum atomic E-state index is -0.974. The second-order valence-corrected chi connectivity index (χ2v) is 6.60. The van der Waals surface area contributed by atoms with E-state index in [1.165, 1.54) is 0 Å². The van der Waals surface area contributed by atoms with E-state index in [1.54, 1.807) is 0 Å². The van der Waals surface area contributed by atoms with E-state index in [9.17, 15) is 9.59 Å². The fourth-order valence-electron chi connectivity index (χ4n) is 2.93. The number of rotatable bonds is 6. The SMILES string of the molecule is Cc1ccc(C(CC(=O)O)NC(=O)Nc2ccc(-c3ccccc3)cc2)cc1. The summed E-state index contributed by atoms with van der Waals surface area (Å²) in [5.41, 5.74) is 4.60. The van der Waals surface area contributed by atoms with Crippen LogP contribution in [0.3, 0.4) is 0 Å². The molecule has 5 heteroatoms. The third-order valence-corrected chi connectivity index (χ3v) is 4.41. The van der Waals surface area contributed by atoms with E-state index < -0.39 is 18.0 Å². The van der Waals surface area contributed by atoms with Gasteiger partial charge in [-0.25, -0.2) is 4.79 Å². The Morgan fingerprint density at radius 3 is 2.07 bits per heavy atom. The van der Waals surface area contributed by atoms with Gasteiger partial charge in [0.2, 0.25) is 0 Å². The number of carboxylic acids is 1. The molecule has 0 fully saturated rings. The highest BCUT2D eigenvalue weighted by Gasteiger charge is 2.18. The molecule has 0 aromatic heterocycles. The zero-order valence-electron chi connectivity index (χ0n) is 15.6. The molecular weight excluding hydrogens is 352 g/mol. The van der Waals surface area contributed by atoms with Gasteiger partial charge in [0.25, 0.3) is 0 Å². The summed E-state index contributed by atoms with van der Waals surface area (Å²) in [6.45, 7) is 1.95. The molecule has 5 nitrogen and oxygen atoms in total. The van der Waals surface area contributed by atoms with Crippen LogP contribution in [0.4, 0.5) is 10.5 Å². The molecule has 3 aromatic carbocycles. The minimum Gasteiger partial charge on any atom is -0.481 e. The maximum Gasteiger partial charge on any atom is 0.319 e. The Morgan fingerprint density at radius 1 is 0.857 bits per heavy atom. The number of aryl methyl sites for hydroxylation is 1. The van der Waals surface area contributed by atoms with Gasteiger partial charge in [-0.05, 0) is 35.7 Å². The van der Waals surface area contributed by atoms with Crippen LogP contribution < -0.4 is 10.6 Å². The van der Waals surface area contributed by atoms with Gasteiger partial charge in [0, 0.05) is 5.69 Å². The Bertz CT molecular complexity index is 936. The van der Waals surface area contributed by atoms with Crippen LogP contribution in [0.25, 0.3) is 11.1 Å². The molecule has 3 rings (SSSR count). The molecule has 0 aliphatic heterocycles. The first-order valence-electron chi connectivity index (χ1n) is 9.02. The van der Waals surface area contributed by atoms with Gasteiger partial charge in [0.05, 0.1) is 12.5 Å². The molecule has 0 heterocycles. The summed E-state index contributed by atoms with van der Waals surface area (Å²) in [4.78, 5) is 23.6. The van der Waals surface area contributed by atoms with E-state index in [0.29, 0.717) is 5.69 Å². The molecule has 1 unspecified atom stereocenters. The number of hydrogen-bond donors (Lipinski definition) is 3. The monoisotopic (exact) mass is 374 g/mol. The van der Waals surface area contributed by atoms with Crippen LogP contribution >= 0.6 is 0 Å². The van der Waals surface area contributed by atoms with Crippen molar-refractivity contribution in [3.05, 3.63) is 90.0 Å². The topological polar surface area (TPSA) is 78.4 Å². The molecule has 2 amide bonds. The standard InChI is InChI=1S/C23H22N2O3/c1-16-7-9-19(10-8-16)21(15-22(26)27)25-23(28)24-20-13-11-18(12-14-20)17-5-3-2-4-6-17/h2-14,21H,15H2,1H3,(H,26,27)(H2,24,25,28). The Morgan fingerprint density at radius 2 is 1.46 bits per heavy atom. The molecular formula is C23H22N2O3. The van der Waals surface area contributed by atoms with Gasteiger partial charge in [-0.3, -0.25) is 4.79 Å². The minimum absolute atomic E-state index is 0.191. The molecule has 0 aliphatic carbocycles. The maximum absolute atomic E-state index is 12.4. The summed E-state index contributed by atoms with van der Waals surface area (Å²) in [7, 11) is 0. The molecule has 3 aromatic rings. The highest BCUT2D eigenvalue weighted by Crippen LogP contribution is 2.22. The number of nitrogens with one attached hydrogen (secondary N) is 2. The fourth-order valence-corrected chi connectivity index (χ4v) is 2.93. The predicted molar refractivity (Wildman–Crippen MR) is 110 cm³/mol. The number of urea groups is 1. The van der Waals surface area contributed by atoms with E-state index in [4.69, 9.17) is 5.11 Å². The first-order chi connectivity index (χ1) is 13.5. The average molecular weight is 374 g/mol. The van der Waals surface area contributed by atoms with Gasteiger partial charge in [0.15, 0.2) is 0 Å². The van der Waals surface area contributed by atoms with Gasteiger partial charge < -0.3 is 15.7 Å². The molecule has 0 radical (unpaired) electrons. The van der Waals surface area contributed by atoms with Gasteiger partial charge >= 0.3 is 12.0 Å². The van der Waals surface area contributed by atoms with Crippen LogP contribution in [0, 0.1) is 6.92 Å². The quantitative estimate of drug-likeness (QED) is 0.568. The van der Waals surface area contributed by atoms with Crippen LogP contribution in [0.5, 0.6) is 0 Å². The van der Waals surface area contributed by atoms with Crippen LogP contribution in [0.15, 0.2) is 78.9 Å². The van der Waals surface area contributed by atoms with Crippen molar-refractivity contribution in [2.75, 3.05) is 5.32 Å². The molecule has 28 heavy (non-hydrogen) atoms. The molecule has 0 spiro atoms. The van der Waals surface area contributed by atoms with Gasteiger partial charge in [-0.15, -0.1) is 0 Å². The second kappa shape index (κ2) is 8.86. The predicted octanol–water partition coefficient (Wildman–Crippen LogP) is 5.00. The number of carbonyl (C=O) groups is 2. The largest absolute Gasteiger partial charge is 0.481 e. The number of carboxylic acid groups (broad SMARTS) is 1. The van der Waals surface area contributed by atoms with E-state index >= 15 is 0 Å². The molecule has 0 saturated heterocycles. The lowest BCUT2D eigenvalue weighted by Gasteiger charge is -2.18. The normalized spacial score (nSPS) is 11.5. The Kier molecular flexibility index (Phi) is 6.07. The van der Waals surface area contributed by atoms with Crippen LogP contribution in [0.2, 0.25) is 0 Å². The number of anilines is 1. The lowest BCUT2D eigenvalue weighted by molar-refractivity contribution is -0.137. The molecule has 0 saturated carbocycles. The molecule has 1 atom stereocenters. The number of aliphatic carboxylic acids is 1. The van der Waals surface area contributed by atoms with E-state index in [0.717, 1.165) is 22.3 Å². The Hall–Kier alpha value is -3.60. The maximum atomic E-state index is 12.4. The van der Waals surface area contributed by atoms with Crippen molar-refractivity contribution in [2.45, 2.75) is 19.4 Å². The number of amides is 2. The molecule has 3 N–H and O–H groups in total. The van der Waals surface area contributed by atoms with E-state index in [2.05, 4.69) is 10.6 Å². The zero-order chi connectivity index (χ0) is 19.9. The van der Waals surface area contributed by atoms with Gasteiger partial charge in [-0.2, -0.15) is 0 Å². The summed E-state index contributed by atoms with van der Waals surface area (Å²) in [5, 5.41) is 14.7. The van der Waals surface area contributed by atoms with Crippen molar-refractivity contribution in [1.29, 1.82) is 0 Å². The van der Waals surface area contributed by atoms with Crippen molar-refractivity contribution in [1.82, 2.24) is 5.32 Å². The average Bonchev–Trinajstić information content (AvgIpc) is 2.69. The number of hydrogen-bond acceptors (Lipinski definition) is 2. The first-order valence-corrected chi connectivity index (χ1v) is 9.02. The highest BCUT2D eigenvalue weighted by atomic mass is 16.4. The van der Waals surface area contributed by atoms with Crippen LogP contribution in [-0.2, 0) is 4.79 Å². The molecule has 142 valence electrons. The first kappa shape index (κ1) is 19.2. The zero-order valence-corrected chi connectivity index (χ0v) is 15.6. The second-order valence-electron chi connectivity index (χ2n) is 6.60. The third-order valence-electron chi connectivity index (χ3n) is 4.41. The van der Waals surface area contributed by atoms with E-state index in [-0.39, 0.29) is 6.42 Å². The molecule has 0 bridgehead atoms. The van der Waals surface area contributed by atoms with Crippen LogP contribution in [-0.4, -0.2) is 17.1 Å². The lowest BCUT2D eigenvalue weighted by Crippen LogP contribution is -2.33. The number of carbonyl (C=O) groups excluding carboxylic acids is 1. The third kappa shape index (κ3) is 5.20. The summed E-state index contributed by atoms with van der Waals surface area (Å²) in [6, 6.07) is 23.9. The smallest absolute Gasteiger partial charge is 0.319 e. The van der Waals surface area contributed by atoms with Crippen LogP contribution in [0.1, 0.15) is 23.6 Å². The van der Waals surface area contributed by atoms with Crippen molar-refractivity contribution < 1.29 is 14.7 Å². The Labute approximate surface area is 164 Å². The fraction of sp³-hybridized carbons (Fsp3) is 0.130. The van der Waals surface area contributed by atoms with Crippen molar-refractivity contribution >= 4 is 17.7 Å². The lowest BCUT2D eigenvalue weighted by atomic mass is 10.0. The summed E-state index contributed by atoms with van der Waals surface area (Å²) in [6.07, 6.45) is -0.191. The Balaban J connectivity index is 1.67. The number of benzene rings is 3. The van der Waals surface area contributed by atoms with Crippen molar-refractivity contribution in [2.24, 2.45) is 0 Å². The summed E-state index contributed by atoms with van der Waals surface area (Å²) in [5.74, 6) is -0.974. The molecule has 0 aliphatic rings. The van der Waals surface area contributed by atoms with Gasteiger partial charge in [0.1, 0.15) is 0 Å². The van der Waals surface area contributed by atoms with E-state index in [1.807, 2.05) is 85.8 Å². The van der Waals surface area contributed by atoms with Gasteiger partial charge in [-0.1, -0.05) is 72.3 Å².